The Morgan fingerprint density at radius 1 is 1.21 bits per heavy atom. The number of thiazole rings is 1. The Hall–Kier alpha value is -3.00. The van der Waals surface area contributed by atoms with Gasteiger partial charge in [0.2, 0.25) is 0 Å². The molecule has 0 saturated heterocycles. The number of hydrogen-bond donors (Lipinski definition) is 1. The van der Waals surface area contributed by atoms with Crippen LogP contribution in [0.2, 0.25) is 0 Å². The quantitative estimate of drug-likeness (QED) is 0.734. The van der Waals surface area contributed by atoms with Crippen LogP contribution in [0.15, 0.2) is 42.0 Å². The monoisotopic (exact) mass is 345 g/mol. The van der Waals surface area contributed by atoms with Crippen molar-refractivity contribution in [2.75, 3.05) is 5.32 Å². The second-order valence-corrected chi connectivity index (χ2v) is 5.53. The molecule has 0 atom stereocenters. The van der Waals surface area contributed by atoms with Gasteiger partial charge in [0, 0.05) is 17.1 Å². The van der Waals surface area contributed by atoms with E-state index in [2.05, 4.69) is 15.3 Å². The third-order valence-electron chi connectivity index (χ3n) is 3.14. The summed E-state index contributed by atoms with van der Waals surface area (Å²) in [5, 5.41) is 3.93. The Bertz CT molecular complexity index is 907. The molecule has 3 aromatic rings. The summed E-state index contributed by atoms with van der Waals surface area (Å²) in [6.45, 7) is 0. The number of carbonyl (C=O) groups excluding carboxylic acids is 2. The molecule has 3 rings (SSSR count). The third-order valence-corrected chi connectivity index (χ3v) is 4.00. The van der Waals surface area contributed by atoms with Gasteiger partial charge in [0.25, 0.3) is 5.91 Å². The number of amides is 1. The first kappa shape index (κ1) is 15.9. The van der Waals surface area contributed by atoms with Crippen LogP contribution in [0.4, 0.5) is 14.5 Å². The summed E-state index contributed by atoms with van der Waals surface area (Å²) in [5.74, 6) is -2.12. The van der Waals surface area contributed by atoms with Gasteiger partial charge in [-0.3, -0.25) is 14.6 Å². The molecule has 0 spiro atoms. The first-order valence-electron chi connectivity index (χ1n) is 6.70. The van der Waals surface area contributed by atoms with Crippen molar-refractivity contribution in [3.05, 3.63) is 64.9 Å². The highest BCUT2D eigenvalue weighted by Gasteiger charge is 2.18. The summed E-state index contributed by atoms with van der Waals surface area (Å²) in [4.78, 5) is 30.9. The van der Waals surface area contributed by atoms with Crippen LogP contribution in [0.1, 0.15) is 20.8 Å². The largest absolute Gasteiger partial charge is 0.319 e. The van der Waals surface area contributed by atoms with E-state index in [1.807, 2.05) is 0 Å². The van der Waals surface area contributed by atoms with Gasteiger partial charge >= 0.3 is 0 Å². The van der Waals surface area contributed by atoms with Crippen LogP contribution in [0.25, 0.3) is 10.6 Å². The molecule has 0 fully saturated rings. The van der Waals surface area contributed by atoms with Crippen molar-refractivity contribution in [3.8, 4) is 10.6 Å². The van der Waals surface area contributed by atoms with Crippen LogP contribution >= 0.6 is 11.3 Å². The van der Waals surface area contributed by atoms with Gasteiger partial charge in [0.15, 0.2) is 6.29 Å². The van der Waals surface area contributed by atoms with E-state index in [1.54, 1.807) is 0 Å². The second-order valence-electron chi connectivity index (χ2n) is 4.67. The molecular formula is C16H9F2N3O2S. The maximum atomic E-state index is 13.8. The lowest BCUT2D eigenvalue weighted by molar-refractivity contribution is 0.102. The zero-order valence-corrected chi connectivity index (χ0v) is 12.8. The van der Waals surface area contributed by atoms with Crippen LogP contribution in [-0.4, -0.2) is 22.2 Å². The summed E-state index contributed by atoms with van der Waals surface area (Å²) in [7, 11) is 0. The predicted octanol–water partition coefficient (Wildman–Crippen LogP) is 3.55. The number of nitrogens with zero attached hydrogens (tertiary/aromatic N) is 2. The molecule has 0 bridgehead atoms. The number of benzene rings is 1. The summed E-state index contributed by atoms with van der Waals surface area (Å²) < 4.78 is 27.5. The summed E-state index contributed by atoms with van der Waals surface area (Å²) >= 11 is 0.943. The van der Waals surface area contributed by atoms with Crippen LogP contribution in [-0.2, 0) is 0 Å². The normalized spacial score (nSPS) is 10.4. The van der Waals surface area contributed by atoms with Gasteiger partial charge in [-0.1, -0.05) is 6.07 Å². The predicted molar refractivity (Wildman–Crippen MR) is 85.0 cm³/mol. The Kier molecular flexibility index (Phi) is 4.39. The zero-order chi connectivity index (χ0) is 17.1. The van der Waals surface area contributed by atoms with Gasteiger partial charge in [-0.05, 0) is 18.2 Å². The molecule has 0 aliphatic carbocycles. The fraction of sp³-hybridized carbons (Fsp3) is 0. The molecule has 5 nitrogen and oxygen atoms in total. The fourth-order valence-corrected chi connectivity index (χ4v) is 2.84. The first-order valence-corrected chi connectivity index (χ1v) is 7.58. The number of carbonyl (C=O) groups is 2. The molecule has 0 radical (unpaired) electrons. The molecule has 0 aliphatic rings. The maximum Gasteiger partial charge on any atom is 0.275 e. The van der Waals surface area contributed by atoms with Gasteiger partial charge in [-0.15, -0.1) is 11.3 Å². The molecule has 1 amide bonds. The van der Waals surface area contributed by atoms with Crippen molar-refractivity contribution in [1.82, 2.24) is 9.97 Å². The van der Waals surface area contributed by atoms with E-state index in [1.165, 1.54) is 29.9 Å². The molecule has 8 heteroatoms. The number of aromatic nitrogens is 2. The molecule has 0 aliphatic heterocycles. The van der Waals surface area contributed by atoms with Gasteiger partial charge < -0.3 is 5.32 Å². The lowest BCUT2D eigenvalue weighted by Crippen LogP contribution is -2.14. The molecule has 24 heavy (non-hydrogen) atoms. The average Bonchev–Trinajstić information content (AvgIpc) is 3.05. The third kappa shape index (κ3) is 3.04. The topological polar surface area (TPSA) is 72.0 Å². The van der Waals surface area contributed by atoms with Crippen LogP contribution < -0.4 is 5.32 Å². The van der Waals surface area contributed by atoms with E-state index in [0.29, 0.717) is 6.29 Å². The molecule has 1 aromatic carbocycles. The molecule has 0 unspecified atom stereocenters. The molecule has 120 valence electrons. The van der Waals surface area contributed by atoms with Crippen LogP contribution in [0, 0.1) is 11.6 Å². The number of halogens is 2. The highest BCUT2D eigenvalue weighted by atomic mass is 32.1. The van der Waals surface area contributed by atoms with E-state index < -0.39 is 17.5 Å². The molecule has 1 N–H and O–H groups in total. The summed E-state index contributed by atoms with van der Waals surface area (Å²) in [6.07, 6.45) is 3.32. The number of nitrogens with one attached hydrogen (secondary N) is 1. The standard InChI is InChI=1S/C16H9F2N3O2S/c17-10-2-1-3-11(18)14(10)16-21-13(8-24-16)15(23)20-12-6-19-5-4-9(12)7-22/h1-8H,(H,20,23). The second kappa shape index (κ2) is 6.63. The van der Waals surface area contributed by atoms with E-state index in [4.69, 9.17) is 0 Å². The van der Waals surface area contributed by atoms with Crippen molar-refractivity contribution >= 4 is 29.2 Å². The Morgan fingerprint density at radius 2 is 1.96 bits per heavy atom. The zero-order valence-electron chi connectivity index (χ0n) is 12.0. The SMILES string of the molecule is O=Cc1ccncc1NC(=O)c1csc(-c2c(F)cccc2F)n1. The van der Waals surface area contributed by atoms with Crippen LogP contribution in [0.5, 0.6) is 0 Å². The summed E-state index contributed by atoms with van der Waals surface area (Å²) in [5.41, 5.74) is 0.188. The van der Waals surface area contributed by atoms with Gasteiger partial charge in [0.1, 0.15) is 22.3 Å². The molecule has 0 saturated carbocycles. The molecular weight excluding hydrogens is 336 g/mol. The highest BCUT2D eigenvalue weighted by Crippen LogP contribution is 2.29. The van der Waals surface area contributed by atoms with Gasteiger partial charge in [-0.25, -0.2) is 13.8 Å². The van der Waals surface area contributed by atoms with E-state index in [0.717, 1.165) is 23.5 Å². The Balaban J connectivity index is 1.88. The molecule has 2 aromatic heterocycles. The summed E-state index contributed by atoms with van der Waals surface area (Å²) in [6, 6.07) is 4.93. The number of pyridine rings is 1. The number of anilines is 1. The lowest BCUT2D eigenvalue weighted by Gasteiger charge is -2.04. The smallest absolute Gasteiger partial charge is 0.275 e. The first-order chi connectivity index (χ1) is 11.6. The highest BCUT2D eigenvalue weighted by molar-refractivity contribution is 7.13. The van der Waals surface area contributed by atoms with Crippen molar-refractivity contribution in [2.45, 2.75) is 0 Å². The minimum absolute atomic E-state index is 0.0154. The van der Waals surface area contributed by atoms with Gasteiger partial charge in [0.05, 0.1) is 17.4 Å². The number of rotatable bonds is 4. The van der Waals surface area contributed by atoms with E-state index in [-0.39, 0.29) is 27.5 Å². The average molecular weight is 345 g/mol. The Morgan fingerprint density at radius 3 is 2.67 bits per heavy atom. The molecule has 2 heterocycles. The van der Waals surface area contributed by atoms with Crippen molar-refractivity contribution < 1.29 is 18.4 Å². The minimum atomic E-state index is -0.758. The number of aldehydes is 1. The number of hydrogen-bond acceptors (Lipinski definition) is 5. The van der Waals surface area contributed by atoms with Crippen LogP contribution in [0.3, 0.4) is 0 Å². The van der Waals surface area contributed by atoms with Gasteiger partial charge in [-0.2, -0.15) is 0 Å². The van der Waals surface area contributed by atoms with Crippen molar-refractivity contribution in [3.63, 3.8) is 0 Å². The fourth-order valence-electron chi connectivity index (χ4n) is 1.99. The maximum absolute atomic E-state index is 13.8. The Labute approximate surface area is 139 Å². The van der Waals surface area contributed by atoms with Crippen molar-refractivity contribution in [1.29, 1.82) is 0 Å². The van der Waals surface area contributed by atoms with Crippen molar-refractivity contribution in [2.24, 2.45) is 0 Å². The lowest BCUT2D eigenvalue weighted by atomic mass is 10.2. The van der Waals surface area contributed by atoms with E-state index in [9.17, 15) is 18.4 Å². The van der Waals surface area contributed by atoms with E-state index >= 15 is 0 Å². The minimum Gasteiger partial charge on any atom is -0.319 e.